The fraction of sp³-hybridized carbons (Fsp3) is 0.533. The van der Waals surface area contributed by atoms with Gasteiger partial charge in [-0.2, -0.15) is 0 Å². The lowest BCUT2D eigenvalue weighted by Crippen LogP contribution is -2.29. The van der Waals surface area contributed by atoms with E-state index in [9.17, 15) is 4.79 Å². The molecule has 1 fully saturated rings. The standard InChI is InChI=1S/C15H19ClN2O.ClH/c16-13-3-2-12-6-8-18(14(12)9-13)15(19)4-1-11-5-7-17-10-11;/h2-3,9,11,17H,1,4-8,10H2;1H. The van der Waals surface area contributed by atoms with Crippen LogP contribution in [-0.2, 0) is 11.2 Å². The van der Waals surface area contributed by atoms with Crippen molar-refractivity contribution in [2.24, 2.45) is 5.92 Å². The van der Waals surface area contributed by atoms with Crippen molar-refractivity contribution in [1.82, 2.24) is 5.32 Å². The van der Waals surface area contributed by atoms with E-state index in [4.69, 9.17) is 11.6 Å². The van der Waals surface area contributed by atoms with E-state index in [-0.39, 0.29) is 18.3 Å². The minimum atomic E-state index is 0. The summed E-state index contributed by atoms with van der Waals surface area (Å²) in [6, 6.07) is 5.85. The van der Waals surface area contributed by atoms with Gasteiger partial charge in [-0.25, -0.2) is 0 Å². The Labute approximate surface area is 131 Å². The Hall–Kier alpha value is -0.770. The second-order valence-electron chi connectivity index (χ2n) is 5.47. The van der Waals surface area contributed by atoms with Crippen LogP contribution in [0, 0.1) is 5.92 Å². The van der Waals surface area contributed by atoms with E-state index < -0.39 is 0 Å². The normalized spacial score (nSPS) is 20.6. The van der Waals surface area contributed by atoms with E-state index >= 15 is 0 Å². The molecule has 1 amide bonds. The van der Waals surface area contributed by atoms with Gasteiger partial charge in [-0.3, -0.25) is 4.79 Å². The molecule has 1 aromatic rings. The molecule has 0 bridgehead atoms. The Morgan fingerprint density at radius 2 is 2.30 bits per heavy atom. The van der Waals surface area contributed by atoms with Gasteiger partial charge < -0.3 is 10.2 Å². The van der Waals surface area contributed by atoms with Crippen LogP contribution in [0.15, 0.2) is 18.2 Å². The summed E-state index contributed by atoms with van der Waals surface area (Å²) in [7, 11) is 0. The average molecular weight is 315 g/mol. The molecule has 0 spiro atoms. The molecule has 2 aliphatic heterocycles. The van der Waals surface area contributed by atoms with Gasteiger partial charge >= 0.3 is 0 Å². The first-order chi connectivity index (χ1) is 9.24. The van der Waals surface area contributed by atoms with E-state index in [1.807, 2.05) is 23.1 Å². The van der Waals surface area contributed by atoms with Crippen LogP contribution in [0.1, 0.15) is 24.8 Å². The Bertz CT molecular complexity index is 487. The second-order valence-corrected chi connectivity index (χ2v) is 5.90. The van der Waals surface area contributed by atoms with Gasteiger partial charge in [-0.05, 0) is 56.0 Å². The molecule has 1 N–H and O–H groups in total. The van der Waals surface area contributed by atoms with Gasteiger partial charge in [-0.1, -0.05) is 17.7 Å². The number of halogens is 2. The maximum Gasteiger partial charge on any atom is 0.227 e. The first-order valence-corrected chi connectivity index (χ1v) is 7.41. The molecular weight excluding hydrogens is 295 g/mol. The van der Waals surface area contributed by atoms with Crippen LogP contribution in [0.5, 0.6) is 0 Å². The molecular formula is C15H20Cl2N2O. The Morgan fingerprint density at radius 1 is 1.45 bits per heavy atom. The molecule has 0 radical (unpaired) electrons. The number of fused-ring (bicyclic) bond motifs is 1. The van der Waals surface area contributed by atoms with Crippen molar-refractivity contribution in [1.29, 1.82) is 0 Å². The molecule has 3 rings (SSSR count). The third-order valence-electron chi connectivity index (χ3n) is 4.17. The number of carbonyl (C=O) groups excluding carboxylic acids is 1. The molecule has 0 saturated carbocycles. The monoisotopic (exact) mass is 314 g/mol. The predicted octanol–water partition coefficient (Wildman–Crippen LogP) is 3.04. The van der Waals surface area contributed by atoms with Crippen molar-refractivity contribution in [3.63, 3.8) is 0 Å². The lowest BCUT2D eigenvalue weighted by atomic mass is 10.0. The summed E-state index contributed by atoms with van der Waals surface area (Å²) in [5, 5.41) is 4.05. The van der Waals surface area contributed by atoms with Crippen molar-refractivity contribution in [3.8, 4) is 0 Å². The maximum absolute atomic E-state index is 12.3. The summed E-state index contributed by atoms with van der Waals surface area (Å²) >= 11 is 6.03. The quantitative estimate of drug-likeness (QED) is 0.930. The summed E-state index contributed by atoms with van der Waals surface area (Å²) in [6.45, 7) is 2.97. The molecule has 20 heavy (non-hydrogen) atoms. The van der Waals surface area contributed by atoms with Crippen molar-refractivity contribution in [2.75, 3.05) is 24.5 Å². The first-order valence-electron chi connectivity index (χ1n) is 7.03. The molecule has 110 valence electrons. The highest BCUT2D eigenvalue weighted by Crippen LogP contribution is 2.31. The van der Waals surface area contributed by atoms with Gasteiger partial charge in [0.15, 0.2) is 0 Å². The number of benzene rings is 1. The van der Waals surface area contributed by atoms with Crippen molar-refractivity contribution >= 4 is 35.6 Å². The van der Waals surface area contributed by atoms with Gasteiger partial charge in [0.05, 0.1) is 0 Å². The highest BCUT2D eigenvalue weighted by Gasteiger charge is 2.25. The summed E-state index contributed by atoms with van der Waals surface area (Å²) in [5.74, 6) is 0.915. The minimum absolute atomic E-state index is 0. The van der Waals surface area contributed by atoms with Crippen molar-refractivity contribution in [3.05, 3.63) is 28.8 Å². The van der Waals surface area contributed by atoms with Crippen molar-refractivity contribution < 1.29 is 4.79 Å². The Morgan fingerprint density at radius 3 is 3.05 bits per heavy atom. The minimum Gasteiger partial charge on any atom is -0.316 e. The fourth-order valence-electron chi connectivity index (χ4n) is 3.03. The van der Waals surface area contributed by atoms with Crippen LogP contribution in [0.25, 0.3) is 0 Å². The molecule has 5 heteroatoms. The number of rotatable bonds is 3. The fourth-order valence-corrected chi connectivity index (χ4v) is 3.20. The number of hydrogen-bond acceptors (Lipinski definition) is 2. The SMILES string of the molecule is Cl.O=C(CCC1CCNC1)N1CCc2ccc(Cl)cc21. The smallest absolute Gasteiger partial charge is 0.227 e. The number of hydrogen-bond donors (Lipinski definition) is 1. The van der Waals surface area contributed by atoms with Gasteiger partial charge in [-0.15, -0.1) is 12.4 Å². The Kier molecular flexibility index (Phi) is 5.30. The van der Waals surface area contributed by atoms with Crippen LogP contribution in [0.2, 0.25) is 5.02 Å². The van der Waals surface area contributed by atoms with E-state index in [0.717, 1.165) is 38.2 Å². The number of amides is 1. The summed E-state index contributed by atoms with van der Waals surface area (Å²) < 4.78 is 0. The molecule has 1 atom stereocenters. The molecule has 3 nitrogen and oxygen atoms in total. The number of nitrogens with zero attached hydrogens (tertiary/aromatic N) is 1. The van der Waals surface area contributed by atoms with E-state index in [1.165, 1.54) is 12.0 Å². The zero-order valence-electron chi connectivity index (χ0n) is 11.4. The van der Waals surface area contributed by atoms with Gasteiger partial charge in [0.2, 0.25) is 5.91 Å². The van der Waals surface area contributed by atoms with Crippen LogP contribution >= 0.6 is 24.0 Å². The van der Waals surface area contributed by atoms with Gasteiger partial charge in [0.25, 0.3) is 0 Å². The molecule has 2 aliphatic rings. The lowest BCUT2D eigenvalue weighted by Gasteiger charge is -2.18. The van der Waals surface area contributed by atoms with Crippen LogP contribution < -0.4 is 10.2 Å². The van der Waals surface area contributed by atoms with E-state index in [0.29, 0.717) is 17.4 Å². The highest BCUT2D eigenvalue weighted by atomic mass is 35.5. The molecule has 1 aromatic carbocycles. The molecule has 0 aliphatic carbocycles. The molecule has 1 unspecified atom stereocenters. The summed E-state index contributed by atoms with van der Waals surface area (Å²) in [5.41, 5.74) is 2.25. The second kappa shape index (κ2) is 6.79. The molecule has 1 saturated heterocycles. The van der Waals surface area contributed by atoms with Crippen molar-refractivity contribution in [2.45, 2.75) is 25.7 Å². The van der Waals surface area contributed by atoms with Crippen LogP contribution in [-0.4, -0.2) is 25.5 Å². The summed E-state index contributed by atoms with van der Waals surface area (Å²) in [4.78, 5) is 14.2. The van der Waals surface area contributed by atoms with Gasteiger partial charge in [0, 0.05) is 23.7 Å². The third kappa shape index (κ3) is 3.27. The predicted molar refractivity (Wildman–Crippen MR) is 85.0 cm³/mol. The third-order valence-corrected chi connectivity index (χ3v) is 4.41. The largest absolute Gasteiger partial charge is 0.316 e. The molecule has 0 aromatic heterocycles. The lowest BCUT2D eigenvalue weighted by molar-refractivity contribution is -0.118. The average Bonchev–Trinajstić information content (AvgIpc) is 3.04. The van der Waals surface area contributed by atoms with Gasteiger partial charge in [0.1, 0.15) is 0 Å². The number of nitrogens with one attached hydrogen (secondary N) is 1. The van der Waals surface area contributed by atoms with Crippen LogP contribution in [0.4, 0.5) is 5.69 Å². The zero-order valence-corrected chi connectivity index (χ0v) is 13.0. The number of anilines is 1. The number of carbonyl (C=O) groups is 1. The zero-order chi connectivity index (χ0) is 13.2. The maximum atomic E-state index is 12.3. The Balaban J connectivity index is 0.00000147. The summed E-state index contributed by atoms with van der Waals surface area (Å²) in [6.07, 6.45) is 3.80. The highest BCUT2D eigenvalue weighted by molar-refractivity contribution is 6.31. The van der Waals surface area contributed by atoms with E-state index in [2.05, 4.69) is 5.32 Å². The first kappa shape index (κ1) is 15.6. The topological polar surface area (TPSA) is 32.3 Å². The van der Waals surface area contributed by atoms with Crippen LogP contribution in [0.3, 0.4) is 0 Å². The van der Waals surface area contributed by atoms with E-state index in [1.54, 1.807) is 0 Å². The molecule has 2 heterocycles.